The van der Waals surface area contributed by atoms with Gasteiger partial charge in [-0.15, -0.1) is 0 Å². The number of carbonyl (C=O) groups is 1. The van der Waals surface area contributed by atoms with E-state index in [4.69, 9.17) is 28.4 Å². The lowest BCUT2D eigenvalue weighted by atomic mass is 9.41. The van der Waals surface area contributed by atoms with E-state index in [1.54, 1.807) is 0 Å². The minimum Gasteiger partial charge on any atom is -0.432 e. The third-order valence-corrected chi connectivity index (χ3v) is 15.0. The van der Waals surface area contributed by atoms with Crippen molar-refractivity contribution in [3.8, 4) is 0 Å². The largest absolute Gasteiger partial charge is 0.432 e. The molecule has 2 bridgehead atoms. The first-order valence-electron chi connectivity index (χ1n) is 19.9. The Morgan fingerprint density at radius 3 is 1.82 bits per heavy atom. The highest BCUT2D eigenvalue weighted by molar-refractivity contribution is 5.77. The number of aliphatic hydroxyl groups excluding tert-OH is 11. The van der Waals surface area contributed by atoms with Crippen molar-refractivity contribution in [1.82, 2.24) is 0 Å². The quantitative estimate of drug-likeness (QED) is 0.0631. The highest BCUT2D eigenvalue weighted by atomic mass is 16.8. The normalized spacial score (nSPS) is 54.6. The molecule has 4 saturated carbocycles. The zero-order chi connectivity index (χ0) is 40.7. The molecule has 0 unspecified atom stereocenters. The predicted octanol–water partition coefficient (Wildman–Crippen LogP) is -2.94. The molecule has 320 valence electrons. The van der Waals surface area contributed by atoms with Gasteiger partial charge in [0.2, 0.25) is 6.29 Å². The van der Waals surface area contributed by atoms with Crippen LogP contribution in [0.5, 0.6) is 0 Å². The van der Waals surface area contributed by atoms with Crippen LogP contribution in [0.2, 0.25) is 0 Å². The zero-order valence-corrected chi connectivity index (χ0v) is 31.8. The molecule has 3 heterocycles. The Morgan fingerprint density at radius 1 is 0.679 bits per heavy atom. The van der Waals surface area contributed by atoms with Crippen LogP contribution in [0, 0.1) is 28.1 Å². The first-order chi connectivity index (χ1) is 26.4. The molecule has 0 aromatic rings. The van der Waals surface area contributed by atoms with Crippen LogP contribution >= 0.6 is 0 Å². The fraction of sp³-hybridized carbons (Fsp3) is 0.921. The van der Waals surface area contributed by atoms with Crippen LogP contribution in [-0.4, -0.2) is 180 Å². The highest BCUT2D eigenvalue weighted by Gasteiger charge is 2.69. The second-order valence-electron chi connectivity index (χ2n) is 18.0. The third-order valence-electron chi connectivity index (χ3n) is 15.0. The summed E-state index contributed by atoms with van der Waals surface area (Å²) >= 11 is 0. The number of carbonyl (C=O) groups excluding carboxylic acids is 1. The molecule has 4 aliphatic carbocycles. The van der Waals surface area contributed by atoms with E-state index in [1.165, 1.54) is 0 Å². The van der Waals surface area contributed by atoms with Crippen molar-refractivity contribution in [3.63, 3.8) is 0 Å². The molecule has 56 heavy (non-hydrogen) atoms. The Labute approximate surface area is 324 Å². The van der Waals surface area contributed by atoms with Gasteiger partial charge in [0.05, 0.1) is 30.8 Å². The molecule has 1 spiro atoms. The van der Waals surface area contributed by atoms with E-state index in [2.05, 4.69) is 13.5 Å². The van der Waals surface area contributed by atoms with E-state index in [0.29, 0.717) is 44.9 Å². The SMILES string of the molecule is C=C1C[C@@]23CC[C@@H]4[C@@](C)(CCC[C@@]4(C)C(=O)O[C@@H]4O[C@H](CO)[C@H](O)[C@H](O)[C@H]4O)[C@H]2CC[C@]1(O[C@H]1O[C@H](CO)[C@@H](O)[C@H](O)[C@H]1O[C@@H]1O[C@H](CO)[C@@H](O)[C@H](O)[C@H]1O)C3. The molecular formula is C38H60O18. The Bertz CT molecular complexity index is 1450. The minimum atomic E-state index is -1.81. The van der Waals surface area contributed by atoms with Crippen LogP contribution in [0.3, 0.4) is 0 Å². The summed E-state index contributed by atoms with van der Waals surface area (Å²) in [6.45, 7) is 6.52. The number of esters is 1. The van der Waals surface area contributed by atoms with Crippen molar-refractivity contribution >= 4 is 5.97 Å². The number of hydrogen-bond donors (Lipinski definition) is 11. The Hall–Kier alpha value is -1.43. The summed E-state index contributed by atoms with van der Waals surface area (Å²) in [5.41, 5.74) is -1.80. The Kier molecular flexibility index (Phi) is 11.9. The first-order valence-corrected chi connectivity index (χ1v) is 19.9. The fourth-order valence-corrected chi connectivity index (χ4v) is 12.0. The molecule has 0 aromatic heterocycles. The monoisotopic (exact) mass is 804 g/mol. The van der Waals surface area contributed by atoms with Crippen LogP contribution in [0.1, 0.15) is 71.6 Å². The Balaban J connectivity index is 1.10. The number of rotatable bonds is 9. The average Bonchev–Trinajstić information content (AvgIpc) is 3.37. The van der Waals surface area contributed by atoms with E-state index in [-0.39, 0.29) is 22.7 Å². The van der Waals surface area contributed by atoms with E-state index < -0.39 is 129 Å². The second-order valence-corrected chi connectivity index (χ2v) is 18.0. The molecule has 7 aliphatic rings. The van der Waals surface area contributed by atoms with E-state index in [0.717, 1.165) is 18.4 Å². The van der Waals surface area contributed by atoms with Gasteiger partial charge in [-0.25, -0.2) is 0 Å². The molecule has 7 fully saturated rings. The number of hydrogen-bond acceptors (Lipinski definition) is 18. The van der Waals surface area contributed by atoms with Crippen molar-refractivity contribution < 1.29 is 89.4 Å². The van der Waals surface area contributed by atoms with E-state index in [1.807, 2.05) is 6.92 Å². The molecule has 0 radical (unpaired) electrons. The summed E-state index contributed by atoms with van der Waals surface area (Å²) in [5, 5.41) is 114. The first kappa shape index (κ1) is 42.7. The summed E-state index contributed by atoms with van der Waals surface area (Å²) in [7, 11) is 0. The van der Waals surface area contributed by atoms with Gasteiger partial charge in [-0.1, -0.05) is 19.9 Å². The van der Waals surface area contributed by atoms with Crippen molar-refractivity contribution in [2.24, 2.45) is 28.1 Å². The summed E-state index contributed by atoms with van der Waals surface area (Å²) in [5.74, 6) is -0.591. The Morgan fingerprint density at radius 2 is 1.21 bits per heavy atom. The average molecular weight is 805 g/mol. The smallest absolute Gasteiger partial charge is 0.314 e. The molecule has 11 N–H and O–H groups in total. The van der Waals surface area contributed by atoms with Crippen LogP contribution in [-0.2, 0) is 33.2 Å². The van der Waals surface area contributed by atoms with Crippen LogP contribution in [0.4, 0.5) is 0 Å². The summed E-state index contributed by atoms with van der Waals surface area (Å²) in [6.07, 6.45) is -17.8. The lowest BCUT2D eigenvalue weighted by Crippen LogP contribution is -2.65. The molecule has 21 atom stereocenters. The molecule has 3 aliphatic heterocycles. The molecule has 0 aromatic carbocycles. The molecular weight excluding hydrogens is 744 g/mol. The molecule has 18 heteroatoms. The molecule has 18 nitrogen and oxygen atoms in total. The maximum atomic E-state index is 14.1. The van der Waals surface area contributed by atoms with Gasteiger partial charge < -0.3 is 84.6 Å². The van der Waals surface area contributed by atoms with Gasteiger partial charge in [-0.3, -0.25) is 4.79 Å². The molecule has 7 rings (SSSR count). The fourth-order valence-electron chi connectivity index (χ4n) is 12.0. The van der Waals surface area contributed by atoms with Gasteiger partial charge in [-0.2, -0.15) is 0 Å². The van der Waals surface area contributed by atoms with Gasteiger partial charge in [0.15, 0.2) is 12.6 Å². The van der Waals surface area contributed by atoms with Gasteiger partial charge in [0, 0.05) is 0 Å². The van der Waals surface area contributed by atoms with Crippen LogP contribution in [0.25, 0.3) is 0 Å². The second kappa shape index (κ2) is 15.6. The molecule has 3 saturated heterocycles. The predicted molar refractivity (Wildman–Crippen MR) is 186 cm³/mol. The third kappa shape index (κ3) is 6.69. The maximum absolute atomic E-state index is 14.1. The van der Waals surface area contributed by atoms with Crippen LogP contribution in [0.15, 0.2) is 12.2 Å². The number of ether oxygens (including phenoxy) is 6. The maximum Gasteiger partial charge on any atom is 0.314 e. The standard InChI is InChI=1S/C38H60O18/c1-16-11-37-9-5-20-35(2,7-4-8-36(20,3)34(50)55-32-29(49)26(46)23(43)18(13-40)52-32)21(37)6-10-38(16,15-37)56-33-30(27(47)24(44)19(14-41)53-33)54-31-28(48)25(45)22(42)17(12-39)51-31/h17-33,39-49H,1,4-15H2,2-3H3/t17-,18-,19-,20-,21-,22-,23+,24-,25+,26+,27+,28-,29-,30-,31+,32+,33-,35-,36-,37-,38+/m1/s1. The van der Waals surface area contributed by atoms with Gasteiger partial charge in [0.25, 0.3) is 0 Å². The summed E-state index contributed by atoms with van der Waals surface area (Å²) in [6, 6.07) is 0. The summed E-state index contributed by atoms with van der Waals surface area (Å²) in [4.78, 5) is 14.1. The zero-order valence-electron chi connectivity index (χ0n) is 31.8. The molecule has 0 amide bonds. The number of fused-ring (bicyclic) bond motifs is 3. The van der Waals surface area contributed by atoms with Crippen LogP contribution < -0.4 is 0 Å². The van der Waals surface area contributed by atoms with Crippen molar-refractivity contribution in [3.05, 3.63) is 12.2 Å². The van der Waals surface area contributed by atoms with E-state index >= 15 is 0 Å². The lowest BCUT2D eigenvalue weighted by molar-refractivity contribution is -0.378. The van der Waals surface area contributed by atoms with Crippen molar-refractivity contribution in [2.75, 3.05) is 19.8 Å². The lowest BCUT2D eigenvalue weighted by Gasteiger charge is -2.64. The topological polar surface area (TPSA) is 295 Å². The summed E-state index contributed by atoms with van der Waals surface area (Å²) < 4.78 is 35.6. The minimum absolute atomic E-state index is 0.121. The number of aliphatic hydroxyl groups is 11. The van der Waals surface area contributed by atoms with Gasteiger partial charge in [0.1, 0.15) is 73.2 Å². The van der Waals surface area contributed by atoms with Crippen molar-refractivity contribution in [2.45, 2.75) is 169 Å². The van der Waals surface area contributed by atoms with Crippen molar-refractivity contribution in [1.29, 1.82) is 0 Å². The van der Waals surface area contributed by atoms with Gasteiger partial charge in [-0.05, 0) is 86.5 Å². The van der Waals surface area contributed by atoms with Gasteiger partial charge >= 0.3 is 5.97 Å². The van der Waals surface area contributed by atoms with E-state index in [9.17, 15) is 61.0 Å². The highest BCUT2D eigenvalue weighted by Crippen LogP contribution is 2.73.